The molecule has 1 aliphatic carbocycles. The molecule has 0 spiro atoms. The normalized spacial score (nSPS) is 16.1. The second kappa shape index (κ2) is 7.70. The van der Waals surface area contributed by atoms with Gasteiger partial charge in [0.25, 0.3) is 0 Å². The highest BCUT2D eigenvalue weighted by atomic mass is 35.5. The van der Waals surface area contributed by atoms with E-state index in [1.807, 2.05) is 0 Å². The van der Waals surface area contributed by atoms with Gasteiger partial charge >= 0.3 is 4.70 Å². The first-order chi connectivity index (χ1) is 7.70. The van der Waals surface area contributed by atoms with E-state index in [9.17, 15) is 0 Å². The highest BCUT2D eigenvalue weighted by molar-refractivity contribution is 6.93. The van der Waals surface area contributed by atoms with Crippen molar-refractivity contribution in [2.45, 2.75) is 38.0 Å². The highest BCUT2D eigenvalue weighted by Gasteiger charge is 2.14. The Morgan fingerprint density at radius 3 is 2.00 bits per heavy atom. The highest BCUT2D eigenvalue weighted by Crippen LogP contribution is 2.31. The molecule has 2 rings (SSSR count). The summed E-state index contributed by atoms with van der Waals surface area (Å²) in [4.78, 5) is 8.98. The molecule has 88 valence electrons. The quantitative estimate of drug-likeness (QED) is 0.624. The zero-order valence-corrected chi connectivity index (χ0v) is 10.7. The number of hydrogen-bond acceptors (Lipinski definition) is 1. The van der Waals surface area contributed by atoms with Crippen molar-refractivity contribution in [2.24, 2.45) is 0 Å². The van der Waals surface area contributed by atoms with Crippen LogP contribution in [-0.4, -0.2) is 4.70 Å². The van der Waals surface area contributed by atoms with E-state index in [2.05, 4.69) is 53.5 Å². The molecule has 1 aromatic rings. The van der Waals surface area contributed by atoms with Gasteiger partial charge in [-0.2, -0.15) is 0 Å². The van der Waals surface area contributed by atoms with Crippen LogP contribution in [0.2, 0.25) is 0 Å². The maximum Gasteiger partial charge on any atom is 0.313 e. The van der Waals surface area contributed by atoms with Crippen molar-refractivity contribution in [3.05, 3.63) is 35.9 Å². The van der Waals surface area contributed by atoms with Crippen LogP contribution in [-0.2, 0) is 0 Å². The molecule has 1 saturated carbocycles. The summed E-state index contributed by atoms with van der Waals surface area (Å²) in [6.07, 6.45) is 7.12. The molecular weight excluding hydrogens is 243 g/mol. The molecule has 3 heteroatoms. The van der Waals surface area contributed by atoms with Gasteiger partial charge in [0.05, 0.1) is 0 Å². The lowest BCUT2D eigenvalue weighted by Gasteiger charge is -2.21. The largest absolute Gasteiger partial charge is 0.313 e. The van der Waals surface area contributed by atoms with Crippen molar-refractivity contribution < 1.29 is 4.79 Å². The Labute approximate surface area is 107 Å². The van der Waals surface area contributed by atoms with Gasteiger partial charge in [-0.05, 0) is 47.5 Å². The Morgan fingerprint density at radius 1 is 1.00 bits per heavy atom. The van der Waals surface area contributed by atoms with Gasteiger partial charge in [0, 0.05) is 0 Å². The Hall–Kier alpha value is -0.530. The summed E-state index contributed by atoms with van der Waals surface area (Å²) < 4.78 is -0.889. The van der Waals surface area contributed by atoms with Crippen LogP contribution in [0.25, 0.3) is 0 Å². The molecule has 0 heterocycles. The molecule has 0 saturated heterocycles. The molecule has 0 unspecified atom stereocenters. The molecule has 0 aromatic heterocycles. The second-order valence-corrected chi connectivity index (χ2v) is 4.85. The maximum absolute atomic E-state index is 8.98. The molecule has 1 fully saturated rings. The molecule has 1 nitrogen and oxygen atoms in total. The molecule has 0 bridgehead atoms. The van der Waals surface area contributed by atoms with Crippen LogP contribution in [0.5, 0.6) is 0 Å². The van der Waals surface area contributed by atoms with Crippen LogP contribution in [0, 0.1) is 0 Å². The van der Waals surface area contributed by atoms with Crippen molar-refractivity contribution in [3.63, 3.8) is 0 Å². The van der Waals surface area contributed by atoms with Gasteiger partial charge in [0.15, 0.2) is 0 Å². The summed E-state index contributed by atoms with van der Waals surface area (Å²) in [5.41, 5.74) is 1.55. The molecule has 0 N–H and O–H groups in total. The van der Waals surface area contributed by atoms with E-state index in [-0.39, 0.29) is 0 Å². The van der Waals surface area contributed by atoms with E-state index in [0.29, 0.717) is 0 Å². The molecule has 0 radical (unpaired) electrons. The average molecular weight is 259 g/mol. The lowest BCUT2D eigenvalue weighted by molar-refractivity contribution is 0.275. The van der Waals surface area contributed by atoms with E-state index < -0.39 is 4.70 Å². The van der Waals surface area contributed by atoms with Crippen LogP contribution in [0.1, 0.15) is 43.6 Å². The standard InChI is InChI=1S/C12H16.CCl2O/c1-3-7-11(8-4-1)12-9-5-2-6-10-12;2-1(3)4/h1,3-4,7-8,12H,2,5-6,9-10H2;. The first kappa shape index (κ1) is 13.5. The molecule has 0 amide bonds. The van der Waals surface area contributed by atoms with Crippen molar-refractivity contribution >= 4 is 27.9 Å². The van der Waals surface area contributed by atoms with Crippen molar-refractivity contribution in [1.29, 1.82) is 0 Å². The Morgan fingerprint density at radius 2 is 1.50 bits per heavy atom. The van der Waals surface area contributed by atoms with Gasteiger partial charge in [0.2, 0.25) is 0 Å². The van der Waals surface area contributed by atoms with Crippen LogP contribution in [0.4, 0.5) is 4.79 Å². The fourth-order valence-corrected chi connectivity index (χ4v) is 2.16. The Kier molecular flexibility index (Phi) is 6.51. The predicted molar refractivity (Wildman–Crippen MR) is 69.4 cm³/mol. The number of rotatable bonds is 1. The average Bonchev–Trinajstić information content (AvgIpc) is 2.31. The van der Waals surface area contributed by atoms with E-state index in [0.717, 1.165) is 5.92 Å². The Balaban J connectivity index is 0.000000280. The minimum atomic E-state index is -0.889. The summed E-state index contributed by atoms with van der Waals surface area (Å²) in [7, 11) is 0. The van der Waals surface area contributed by atoms with E-state index in [4.69, 9.17) is 4.79 Å². The van der Waals surface area contributed by atoms with Gasteiger partial charge in [-0.1, -0.05) is 49.6 Å². The second-order valence-electron chi connectivity index (χ2n) is 3.97. The van der Waals surface area contributed by atoms with Crippen molar-refractivity contribution in [2.75, 3.05) is 0 Å². The lowest BCUT2D eigenvalue weighted by Crippen LogP contribution is -2.03. The van der Waals surface area contributed by atoms with Crippen molar-refractivity contribution in [3.8, 4) is 0 Å². The first-order valence-electron chi connectivity index (χ1n) is 5.60. The third-order valence-corrected chi connectivity index (χ3v) is 2.88. The number of carbonyl (C=O) groups excluding carboxylic acids is 1. The summed E-state index contributed by atoms with van der Waals surface area (Å²) in [6.45, 7) is 0. The summed E-state index contributed by atoms with van der Waals surface area (Å²) in [5.74, 6) is 0.861. The van der Waals surface area contributed by atoms with Crippen molar-refractivity contribution in [1.82, 2.24) is 0 Å². The smallest absolute Gasteiger partial charge is 0.262 e. The van der Waals surface area contributed by atoms with Gasteiger partial charge in [-0.15, -0.1) is 0 Å². The third-order valence-electron chi connectivity index (χ3n) is 2.88. The van der Waals surface area contributed by atoms with Gasteiger partial charge < -0.3 is 0 Å². The van der Waals surface area contributed by atoms with E-state index in [1.54, 1.807) is 5.56 Å². The van der Waals surface area contributed by atoms with E-state index in [1.165, 1.54) is 32.1 Å². The fourth-order valence-electron chi connectivity index (χ4n) is 2.16. The third kappa shape index (κ3) is 5.53. The van der Waals surface area contributed by atoms with Gasteiger partial charge in [-0.3, -0.25) is 4.79 Å². The number of hydrogen-bond donors (Lipinski definition) is 0. The number of halogens is 2. The van der Waals surface area contributed by atoms with Crippen LogP contribution in [0.3, 0.4) is 0 Å². The maximum atomic E-state index is 8.98. The molecule has 0 aliphatic heterocycles. The Bertz CT molecular complexity index is 301. The molecular formula is C13H16Cl2O. The topological polar surface area (TPSA) is 17.1 Å². The molecule has 1 aliphatic rings. The van der Waals surface area contributed by atoms with Crippen LogP contribution < -0.4 is 0 Å². The SMILES string of the molecule is O=C(Cl)Cl.c1ccc(C2CCCCC2)cc1. The van der Waals surface area contributed by atoms with E-state index >= 15 is 0 Å². The minimum absolute atomic E-state index is 0.861. The first-order valence-corrected chi connectivity index (χ1v) is 6.35. The zero-order valence-electron chi connectivity index (χ0n) is 9.16. The lowest BCUT2D eigenvalue weighted by atomic mass is 9.84. The van der Waals surface area contributed by atoms with Gasteiger partial charge in [0.1, 0.15) is 0 Å². The zero-order chi connectivity index (χ0) is 11.8. The summed E-state index contributed by atoms with van der Waals surface area (Å²) in [6, 6.07) is 11.0. The van der Waals surface area contributed by atoms with Crippen LogP contribution >= 0.6 is 23.2 Å². The van der Waals surface area contributed by atoms with Crippen LogP contribution in [0.15, 0.2) is 30.3 Å². The molecule has 0 atom stereocenters. The predicted octanol–water partition coefficient (Wildman–Crippen LogP) is 5.32. The minimum Gasteiger partial charge on any atom is -0.262 e. The summed E-state index contributed by atoms with van der Waals surface area (Å²) >= 11 is 8.80. The number of benzene rings is 1. The number of carbonyl (C=O) groups is 1. The monoisotopic (exact) mass is 258 g/mol. The fraction of sp³-hybridized carbons (Fsp3) is 0.462. The summed E-state index contributed by atoms with van der Waals surface area (Å²) in [5, 5.41) is 0. The molecule has 1 aromatic carbocycles. The molecule has 16 heavy (non-hydrogen) atoms. The van der Waals surface area contributed by atoms with Gasteiger partial charge in [-0.25, -0.2) is 0 Å².